The highest BCUT2D eigenvalue weighted by molar-refractivity contribution is 6.32. The highest BCUT2D eigenvalue weighted by atomic mass is 35.5. The summed E-state index contributed by atoms with van der Waals surface area (Å²) >= 11 is 6.00. The van der Waals surface area contributed by atoms with Gasteiger partial charge in [0.25, 0.3) is 0 Å². The van der Waals surface area contributed by atoms with E-state index < -0.39 is 17.6 Å². The Morgan fingerprint density at radius 3 is 2.64 bits per heavy atom. The molecule has 1 heterocycles. The molecule has 6 heteroatoms. The predicted octanol–water partition coefficient (Wildman–Crippen LogP) is 3.96. The molecular formula is C16H8ClF2NO2. The van der Waals surface area contributed by atoms with Crippen molar-refractivity contribution < 1.29 is 18.3 Å². The summed E-state index contributed by atoms with van der Waals surface area (Å²) in [4.78, 5) is 15.8. The van der Waals surface area contributed by atoms with Crippen LogP contribution in [0, 0.1) is 11.6 Å². The van der Waals surface area contributed by atoms with Gasteiger partial charge in [0.1, 0.15) is 11.6 Å². The quantitative estimate of drug-likeness (QED) is 0.620. The van der Waals surface area contributed by atoms with Crippen LogP contribution in [0.4, 0.5) is 8.78 Å². The smallest absolute Gasteiger partial charge is 0.363 e. The van der Waals surface area contributed by atoms with E-state index in [4.69, 9.17) is 16.3 Å². The lowest BCUT2D eigenvalue weighted by Gasteiger charge is -2.00. The third-order valence-corrected chi connectivity index (χ3v) is 3.32. The number of carbonyl (C=O) groups is 1. The number of esters is 1. The molecule has 0 aromatic heterocycles. The van der Waals surface area contributed by atoms with E-state index in [9.17, 15) is 13.6 Å². The second-order valence-electron chi connectivity index (χ2n) is 4.48. The molecule has 0 atom stereocenters. The average molecular weight is 320 g/mol. The molecular weight excluding hydrogens is 312 g/mol. The SMILES string of the molecule is O=C1OC(c2ccc(F)cc2F)=N/C1=C\c1ccccc1Cl. The summed E-state index contributed by atoms with van der Waals surface area (Å²) in [6.45, 7) is 0. The van der Waals surface area contributed by atoms with Crippen molar-refractivity contribution in [2.24, 2.45) is 4.99 Å². The first-order chi connectivity index (χ1) is 10.5. The van der Waals surface area contributed by atoms with Gasteiger partial charge in [-0.25, -0.2) is 18.6 Å². The summed E-state index contributed by atoms with van der Waals surface area (Å²) in [7, 11) is 0. The zero-order valence-corrected chi connectivity index (χ0v) is 11.8. The zero-order valence-electron chi connectivity index (χ0n) is 11.0. The van der Waals surface area contributed by atoms with Crippen molar-refractivity contribution >= 4 is 29.5 Å². The number of halogens is 3. The van der Waals surface area contributed by atoms with Gasteiger partial charge in [-0.15, -0.1) is 0 Å². The van der Waals surface area contributed by atoms with Gasteiger partial charge in [0, 0.05) is 11.1 Å². The van der Waals surface area contributed by atoms with Crippen LogP contribution in [-0.2, 0) is 9.53 Å². The molecule has 2 aromatic carbocycles. The maximum Gasteiger partial charge on any atom is 0.363 e. The standard InChI is InChI=1S/C16H8ClF2NO2/c17-12-4-2-1-3-9(12)7-14-16(21)22-15(20-14)11-6-5-10(18)8-13(11)19/h1-8H/b14-7-. The van der Waals surface area contributed by atoms with E-state index in [-0.39, 0.29) is 17.2 Å². The zero-order chi connectivity index (χ0) is 15.7. The average Bonchev–Trinajstić information content (AvgIpc) is 2.82. The maximum atomic E-state index is 13.7. The van der Waals surface area contributed by atoms with Crippen LogP contribution in [0.1, 0.15) is 11.1 Å². The third kappa shape index (κ3) is 2.76. The van der Waals surface area contributed by atoms with Crippen molar-refractivity contribution in [1.82, 2.24) is 0 Å². The van der Waals surface area contributed by atoms with E-state index in [1.54, 1.807) is 24.3 Å². The van der Waals surface area contributed by atoms with Gasteiger partial charge in [-0.3, -0.25) is 0 Å². The maximum absolute atomic E-state index is 13.7. The Morgan fingerprint density at radius 2 is 1.91 bits per heavy atom. The first kappa shape index (κ1) is 14.4. The van der Waals surface area contributed by atoms with Crippen LogP contribution in [0.2, 0.25) is 5.02 Å². The second-order valence-corrected chi connectivity index (χ2v) is 4.89. The Kier molecular flexibility index (Phi) is 3.73. The van der Waals surface area contributed by atoms with Crippen molar-refractivity contribution in [3.8, 4) is 0 Å². The predicted molar refractivity (Wildman–Crippen MR) is 78.4 cm³/mol. The number of carbonyl (C=O) groups excluding carboxylic acids is 1. The number of aliphatic imine (C=N–C) groups is 1. The first-order valence-corrected chi connectivity index (χ1v) is 6.65. The van der Waals surface area contributed by atoms with Crippen LogP contribution < -0.4 is 0 Å². The molecule has 0 fully saturated rings. The van der Waals surface area contributed by atoms with Gasteiger partial charge in [0.05, 0.1) is 5.56 Å². The largest absolute Gasteiger partial charge is 0.402 e. The fraction of sp³-hybridized carbons (Fsp3) is 0. The Bertz CT molecular complexity index is 831. The fourth-order valence-electron chi connectivity index (χ4n) is 1.93. The van der Waals surface area contributed by atoms with Gasteiger partial charge in [-0.05, 0) is 29.8 Å². The van der Waals surface area contributed by atoms with Crippen LogP contribution in [0.15, 0.2) is 53.2 Å². The van der Waals surface area contributed by atoms with E-state index in [0.29, 0.717) is 16.7 Å². The lowest BCUT2D eigenvalue weighted by Crippen LogP contribution is -2.07. The van der Waals surface area contributed by atoms with Crippen molar-refractivity contribution in [3.05, 3.63) is 75.9 Å². The number of hydrogen-bond donors (Lipinski definition) is 0. The molecule has 0 unspecified atom stereocenters. The number of benzene rings is 2. The number of rotatable bonds is 2. The molecule has 110 valence electrons. The number of ether oxygens (including phenoxy) is 1. The first-order valence-electron chi connectivity index (χ1n) is 6.27. The molecule has 2 aromatic rings. The van der Waals surface area contributed by atoms with E-state index in [2.05, 4.69) is 4.99 Å². The number of cyclic esters (lactones) is 1. The Balaban J connectivity index is 2.00. The van der Waals surface area contributed by atoms with Crippen molar-refractivity contribution in [2.75, 3.05) is 0 Å². The van der Waals surface area contributed by atoms with Crippen molar-refractivity contribution in [3.63, 3.8) is 0 Å². The van der Waals surface area contributed by atoms with Crippen molar-refractivity contribution in [2.45, 2.75) is 0 Å². The van der Waals surface area contributed by atoms with Crippen LogP contribution in [0.25, 0.3) is 6.08 Å². The van der Waals surface area contributed by atoms with Gasteiger partial charge in [-0.1, -0.05) is 29.8 Å². The fourth-order valence-corrected chi connectivity index (χ4v) is 2.12. The molecule has 0 aliphatic carbocycles. The van der Waals surface area contributed by atoms with E-state index >= 15 is 0 Å². The topological polar surface area (TPSA) is 38.7 Å². The molecule has 0 bridgehead atoms. The number of hydrogen-bond acceptors (Lipinski definition) is 3. The lowest BCUT2D eigenvalue weighted by molar-refractivity contribution is -0.129. The van der Waals surface area contributed by atoms with Crippen LogP contribution in [0.5, 0.6) is 0 Å². The number of nitrogens with zero attached hydrogens (tertiary/aromatic N) is 1. The Labute approximate surface area is 129 Å². The molecule has 0 saturated heterocycles. The third-order valence-electron chi connectivity index (χ3n) is 2.98. The molecule has 0 N–H and O–H groups in total. The summed E-state index contributed by atoms with van der Waals surface area (Å²) in [6, 6.07) is 9.79. The second kappa shape index (κ2) is 5.69. The molecule has 0 amide bonds. The van der Waals surface area contributed by atoms with Crippen molar-refractivity contribution in [1.29, 1.82) is 0 Å². The van der Waals surface area contributed by atoms with Crippen LogP contribution in [0.3, 0.4) is 0 Å². The molecule has 1 aliphatic heterocycles. The normalized spacial score (nSPS) is 15.9. The summed E-state index contributed by atoms with van der Waals surface area (Å²) in [5, 5.41) is 0.444. The summed E-state index contributed by atoms with van der Waals surface area (Å²) in [5.41, 5.74) is 0.491. The molecule has 0 saturated carbocycles. The Hall–Kier alpha value is -2.53. The molecule has 0 spiro atoms. The van der Waals surface area contributed by atoms with Crippen LogP contribution >= 0.6 is 11.6 Å². The lowest BCUT2D eigenvalue weighted by atomic mass is 10.2. The summed E-state index contributed by atoms with van der Waals surface area (Å²) in [5.74, 6) is -2.51. The molecule has 22 heavy (non-hydrogen) atoms. The van der Waals surface area contributed by atoms with Gasteiger partial charge >= 0.3 is 5.97 Å². The minimum Gasteiger partial charge on any atom is -0.402 e. The molecule has 3 rings (SSSR count). The Morgan fingerprint density at radius 1 is 1.14 bits per heavy atom. The van der Waals surface area contributed by atoms with Gasteiger partial charge in [-0.2, -0.15) is 0 Å². The summed E-state index contributed by atoms with van der Waals surface area (Å²) in [6.07, 6.45) is 1.44. The van der Waals surface area contributed by atoms with Crippen LogP contribution in [-0.4, -0.2) is 11.9 Å². The molecule has 0 radical (unpaired) electrons. The van der Waals surface area contributed by atoms with E-state index in [1.165, 1.54) is 6.08 Å². The highest BCUT2D eigenvalue weighted by Crippen LogP contribution is 2.24. The highest BCUT2D eigenvalue weighted by Gasteiger charge is 2.26. The van der Waals surface area contributed by atoms with Gasteiger partial charge in [0.15, 0.2) is 5.70 Å². The summed E-state index contributed by atoms with van der Waals surface area (Å²) < 4.78 is 31.5. The van der Waals surface area contributed by atoms with Gasteiger partial charge < -0.3 is 4.74 Å². The monoisotopic (exact) mass is 319 g/mol. The van der Waals surface area contributed by atoms with E-state index in [0.717, 1.165) is 12.1 Å². The molecule has 1 aliphatic rings. The van der Waals surface area contributed by atoms with E-state index in [1.807, 2.05) is 0 Å². The minimum absolute atomic E-state index is 0.00757. The van der Waals surface area contributed by atoms with Gasteiger partial charge in [0.2, 0.25) is 5.90 Å². The minimum atomic E-state index is -0.856. The molecule has 3 nitrogen and oxygen atoms in total.